The van der Waals surface area contributed by atoms with E-state index in [1.807, 2.05) is 36.4 Å². The fourth-order valence-electron chi connectivity index (χ4n) is 2.97. The topological polar surface area (TPSA) is 52.8 Å². The van der Waals surface area contributed by atoms with E-state index in [2.05, 4.69) is 50.9 Å². The van der Waals surface area contributed by atoms with Gasteiger partial charge in [0.2, 0.25) is 0 Å². The maximum Gasteiger partial charge on any atom is 0.196 e. The minimum absolute atomic E-state index is 0.791. The minimum Gasteiger partial charge on any atom is -0.497 e. The van der Waals surface area contributed by atoms with E-state index in [1.54, 1.807) is 31.3 Å². The molecule has 0 atom stereocenters. The molecule has 2 aromatic heterocycles. The molecule has 0 fully saturated rings. The van der Waals surface area contributed by atoms with Crippen molar-refractivity contribution < 1.29 is 4.74 Å². The Morgan fingerprint density at radius 3 is 2.46 bits per heavy atom. The number of aromatic nitrogens is 4. The quantitative estimate of drug-likeness (QED) is 0.438. The number of nitrogens with zero attached hydrogens (tertiary/aromatic N) is 4. The molecule has 0 aliphatic carbocycles. The molecule has 0 unspecified atom stereocenters. The van der Waals surface area contributed by atoms with Crippen molar-refractivity contribution in [2.45, 2.75) is 17.8 Å². The molecule has 2 heterocycles. The molecule has 2 aromatic carbocycles. The fourth-order valence-corrected chi connectivity index (χ4v) is 3.86. The van der Waals surface area contributed by atoms with Gasteiger partial charge in [-0.2, -0.15) is 0 Å². The lowest BCUT2D eigenvalue weighted by Crippen LogP contribution is -2.00. The van der Waals surface area contributed by atoms with Gasteiger partial charge in [0, 0.05) is 29.4 Å². The van der Waals surface area contributed by atoms with E-state index in [4.69, 9.17) is 4.74 Å². The van der Waals surface area contributed by atoms with E-state index in [-0.39, 0.29) is 0 Å². The summed E-state index contributed by atoms with van der Waals surface area (Å²) in [6.45, 7) is 2.11. The highest BCUT2D eigenvalue weighted by Crippen LogP contribution is 2.30. The van der Waals surface area contributed by atoms with Gasteiger partial charge in [0.1, 0.15) is 5.75 Å². The van der Waals surface area contributed by atoms with E-state index in [0.717, 1.165) is 33.7 Å². The van der Waals surface area contributed by atoms with E-state index in [0.29, 0.717) is 0 Å². The molecule has 28 heavy (non-hydrogen) atoms. The zero-order valence-electron chi connectivity index (χ0n) is 15.7. The molecule has 0 bridgehead atoms. The van der Waals surface area contributed by atoms with Gasteiger partial charge in [-0.3, -0.25) is 9.55 Å². The van der Waals surface area contributed by atoms with Crippen LogP contribution in [0.3, 0.4) is 0 Å². The van der Waals surface area contributed by atoms with Crippen LogP contribution in [0, 0.1) is 6.92 Å². The summed E-state index contributed by atoms with van der Waals surface area (Å²) < 4.78 is 7.37. The van der Waals surface area contributed by atoms with E-state index in [1.165, 1.54) is 11.1 Å². The van der Waals surface area contributed by atoms with Crippen LogP contribution in [0.25, 0.3) is 17.1 Å². The molecule has 0 saturated carbocycles. The molecule has 0 N–H and O–H groups in total. The van der Waals surface area contributed by atoms with Crippen molar-refractivity contribution in [3.8, 4) is 22.8 Å². The third-order valence-corrected chi connectivity index (χ3v) is 5.35. The van der Waals surface area contributed by atoms with Crippen LogP contribution in [0.1, 0.15) is 11.1 Å². The summed E-state index contributed by atoms with van der Waals surface area (Å²) in [7, 11) is 1.67. The highest BCUT2D eigenvalue weighted by molar-refractivity contribution is 7.98. The zero-order valence-corrected chi connectivity index (χ0v) is 16.6. The van der Waals surface area contributed by atoms with Gasteiger partial charge in [-0.1, -0.05) is 41.6 Å². The summed E-state index contributed by atoms with van der Waals surface area (Å²) in [6.07, 6.45) is 3.53. The van der Waals surface area contributed by atoms with E-state index in [9.17, 15) is 0 Å². The third kappa shape index (κ3) is 3.92. The third-order valence-electron chi connectivity index (χ3n) is 4.35. The molecule has 0 radical (unpaired) electrons. The van der Waals surface area contributed by atoms with Gasteiger partial charge < -0.3 is 4.74 Å². The van der Waals surface area contributed by atoms with Crippen molar-refractivity contribution in [1.29, 1.82) is 0 Å². The molecule has 0 aliphatic heterocycles. The van der Waals surface area contributed by atoms with E-state index >= 15 is 0 Å². The lowest BCUT2D eigenvalue weighted by Gasteiger charge is -2.11. The number of aryl methyl sites for hydroxylation is 1. The van der Waals surface area contributed by atoms with Crippen LogP contribution >= 0.6 is 11.8 Å². The van der Waals surface area contributed by atoms with Crippen LogP contribution in [0.15, 0.2) is 78.2 Å². The zero-order chi connectivity index (χ0) is 19.3. The summed E-state index contributed by atoms with van der Waals surface area (Å²) >= 11 is 1.67. The highest BCUT2D eigenvalue weighted by atomic mass is 32.2. The van der Waals surface area contributed by atoms with Crippen molar-refractivity contribution in [3.63, 3.8) is 0 Å². The smallest absolute Gasteiger partial charge is 0.196 e. The average molecular weight is 388 g/mol. The molecule has 4 aromatic rings. The summed E-state index contributed by atoms with van der Waals surface area (Å²) in [5.41, 5.74) is 4.48. The first-order chi connectivity index (χ1) is 13.7. The summed E-state index contributed by atoms with van der Waals surface area (Å²) in [5.74, 6) is 2.43. The molecule has 4 rings (SSSR count). The Balaban J connectivity index is 1.72. The molecule has 0 spiro atoms. The van der Waals surface area contributed by atoms with Crippen LogP contribution in [0.5, 0.6) is 5.75 Å². The number of methoxy groups -OCH3 is 1. The van der Waals surface area contributed by atoms with Crippen molar-refractivity contribution in [2.75, 3.05) is 7.11 Å². The molecule has 140 valence electrons. The van der Waals surface area contributed by atoms with Gasteiger partial charge in [-0.05, 0) is 48.9 Å². The normalized spacial score (nSPS) is 10.8. The Hall–Kier alpha value is -3.12. The molecular formula is C22H20N4OS. The Morgan fingerprint density at radius 2 is 1.75 bits per heavy atom. The number of ether oxygens (including phenoxy) is 1. The second kappa shape index (κ2) is 8.27. The Labute approximate surface area is 168 Å². The van der Waals surface area contributed by atoms with Crippen LogP contribution in [0.4, 0.5) is 0 Å². The number of hydrogen-bond donors (Lipinski definition) is 0. The van der Waals surface area contributed by atoms with Crippen LogP contribution in [-0.4, -0.2) is 26.9 Å². The maximum absolute atomic E-state index is 5.29. The fraction of sp³-hybridized carbons (Fsp3) is 0.136. The van der Waals surface area contributed by atoms with Gasteiger partial charge in [0.15, 0.2) is 11.0 Å². The molecule has 0 saturated heterocycles. The molecule has 5 nitrogen and oxygen atoms in total. The Morgan fingerprint density at radius 1 is 0.964 bits per heavy atom. The largest absolute Gasteiger partial charge is 0.497 e. The predicted molar refractivity (Wildman–Crippen MR) is 112 cm³/mol. The maximum atomic E-state index is 5.29. The van der Waals surface area contributed by atoms with Gasteiger partial charge in [-0.25, -0.2) is 0 Å². The minimum atomic E-state index is 0.791. The second-order valence-electron chi connectivity index (χ2n) is 6.35. The van der Waals surface area contributed by atoms with Crippen LogP contribution in [-0.2, 0) is 5.75 Å². The first-order valence-corrected chi connectivity index (χ1v) is 9.92. The van der Waals surface area contributed by atoms with Crippen LogP contribution in [0.2, 0.25) is 0 Å². The first kappa shape index (κ1) is 18.3. The first-order valence-electron chi connectivity index (χ1n) is 8.93. The number of rotatable bonds is 6. The monoisotopic (exact) mass is 388 g/mol. The SMILES string of the molecule is COc1ccc(-n2c(SCc3cccc(C)c3)nnc2-c2ccncc2)cc1. The summed E-state index contributed by atoms with van der Waals surface area (Å²) in [4.78, 5) is 4.11. The lowest BCUT2D eigenvalue weighted by atomic mass is 10.2. The van der Waals surface area contributed by atoms with Gasteiger partial charge in [0.05, 0.1) is 7.11 Å². The standard InChI is InChI=1S/C22H20N4OS/c1-16-4-3-5-17(14-16)15-28-22-25-24-21(18-10-12-23-13-11-18)26(22)19-6-8-20(27-2)9-7-19/h3-14H,15H2,1-2H3. The van der Waals surface area contributed by atoms with Crippen molar-refractivity contribution in [3.05, 3.63) is 84.2 Å². The predicted octanol–water partition coefficient (Wildman–Crippen LogP) is 4.94. The van der Waals surface area contributed by atoms with Crippen molar-refractivity contribution in [1.82, 2.24) is 19.7 Å². The number of hydrogen-bond acceptors (Lipinski definition) is 5. The number of thioether (sulfide) groups is 1. The highest BCUT2D eigenvalue weighted by Gasteiger charge is 2.16. The van der Waals surface area contributed by atoms with Crippen molar-refractivity contribution in [2.24, 2.45) is 0 Å². The van der Waals surface area contributed by atoms with Gasteiger partial charge in [0.25, 0.3) is 0 Å². The molecule has 6 heteroatoms. The average Bonchev–Trinajstić information content (AvgIpc) is 3.17. The summed E-state index contributed by atoms with van der Waals surface area (Å²) in [5, 5.41) is 9.79. The van der Waals surface area contributed by atoms with Gasteiger partial charge in [-0.15, -0.1) is 10.2 Å². The Bertz CT molecular complexity index is 1060. The Kier molecular flexibility index (Phi) is 5.39. The second-order valence-corrected chi connectivity index (χ2v) is 7.30. The number of pyridine rings is 1. The molecule has 0 amide bonds. The number of benzene rings is 2. The van der Waals surface area contributed by atoms with Crippen molar-refractivity contribution >= 4 is 11.8 Å². The van der Waals surface area contributed by atoms with Gasteiger partial charge >= 0.3 is 0 Å². The lowest BCUT2D eigenvalue weighted by molar-refractivity contribution is 0.414. The van der Waals surface area contributed by atoms with E-state index < -0.39 is 0 Å². The molecular weight excluding hydrogens is 368 g/mol. The molecule has 0 aliphatic rings. The summed E-state index contributed by atoms with van der Waals surface area (Å²) in [6, 6.07) is 20.3. The van der Waals surface area contributed by atoms with Crippen LogP contribution < -0.4 is 4.74 Å².